The second kappa shape index (κ2) is 7.33. The van der Waals surface area contributed by atoms with Crippen molar-refractivity contribution in [2.75, 3.05) is 0 Å². The van der Waals surface area contributed by atoms with Gasteiger partial charge in [0.25, 0.3) is 5.91 Å². The van der Waals surface area contributed by atoms with Crippen LogP contribution in [-0.2, 0) is 0 Å². The Bertz CT molecular complexity index is 365. The average molecular weight is 254 g/mol. The lowest BCUT2D eigenvalue weighted by atomic mass is 10.1. The smallest absolute Gasteiger partial charge is 0.252 e. The topological polar surface area (TPSA) is 29.1 Å². The molecule has 1 amide bonds. The summed E-state index contributed by atoms with van der Waals surface area (Å²) in [5.74, 6) is -0.0837. The zero-order chi connectivity index (χ0) is 12.7. The van der Waals surface area contributed by atoms with Gasteiger partial charge in [-0.2, -0.15) is 0 Å². The van der Waals surface area contributed by atoms with Gasteiger partial charge < -0.3 is 5.32 Å². The van der Waals surface area contributed by atoms with Crippen molar-refractivity contribution in [2.24, 2.45) is 0 Å². The van der Waals surface area contributed by atoms with Gasteiger partial charge in [-0.1, -0.05) is 49.9 Å². The second-order valence-electron chi connectivity index (χ2n) is 4.35. The number of unbranched alkanes of at least 4 members (excludes halogenated alkanes) is 2. The van der Waals surface area contributed by atoms with Crippen LogP contribution in [0.15, 0.2) is 24.3 Å². The summed E-state index contributed by atoms with van der Waals surface area (Å²) in [6.45, 7) is 4.21. The van der Waals surface area contributed by atoms with Crippen molar-refractivity contribution < 1.29 is 4.79 Å². The van der Waals surface area contributed by atoms with E-state index >= 15 is 0 Å². The van der Waals surface area contributed by atoms with Crippen LogP contribution in [0.2, 0.25) is 5.02 Å². The number of halogens is 1. The van der Waals surface area contributed by atoms with Crippen LogP contribution in [-0.4, -0.2) is 11.9 Å². The summed E-state index contributed by atoms with van der Waals surface area (Å²) in [6, 6.07) is 7.33. The van der Waals surface area contributed by atoms with Crippen molar-refractivity contribution in [3.63, 3.8) is 0 Å². The molecule has 0 saturated heterocycles. The summed E-state index contributed by atoms with van der Waals surface area (Å²) < 4.78 is 0. The number of carbonyl (C=O) groups is 1. The minimum atomic E-state index is -0.0837. The lowest BCUT2D eigenvalue weighted by Crippen LogP contribution is -2.32. The quantitative estimate of drug-likeness (QED) is 0.762. The standard InChI is InChI=1S/C14H20ClNO/c1-3-4-5-8-11(2)16-14(17)12-9-6-7-10-13(12)15/h6-7,9-11H,3-5,8H2,1-2H3,(H,16,17). The van der Waals surface area contributed by atoms with Crippen molar-refractivity contribution in [1.29, 1.82) is 0 Å². The molecule has 0 bridgehead atoms. The van der Waals surface area contributed by atoms with Gasteiger partial charge in [-0.15, -0.1) is 0 Å². The van der Waals surface area contributed by atoms with Gasteiger partial charge in [-0.3, -0.25) is 4.79 Å². The Morgan fingerprint density at radius 3 is 2.71 bits per heavy atom. The highest BCUT2D eigenvalue weighted by Gasteiger charge is 2.11. The maximum Gasteiger partial charge on any atom is 0.252 e. The molecule has 17 heavy (non-hydrogen) atoms. The lowest BCUT2D eigenvalue weighted by Gasteiger charge is -2.14. The number of amides is 1. The van der Waals surface area contributed by atoms with Gasteiger partial charge in [-0.25, -0.2) is 0 Å². The minimum Gasteiger partial charge on any atom is -0.350 e. The van der Waals surface area contributed by atoms with E-state index in [-0.39, 0.29) is 11.9 Å². The fraction of sp³-hybridized carbons (Fsp3) is 0.500. The number of benzene rings is 1. The molecular formula is C14H20ClNO. The fourth-order valence-corrected chi connectivity index (χ4v) is 1.94. The first-order chi connectivity index (χ1) is 8.15. The molecule has 0 heterocycles. The van der Waals surface area contributed by atoms with Gasteiger partial charge in [0.1, 0.15) is 0 Å². The van der Waals surface area contributed by atoms with Crippen molar-refractivity contribution in [3.8, 4) is 0 Å². The minimum absolute atomic E-state index is 0.0837. The molecular weight excluding hydrogens is 234 g/mol. The number of carbonyl (C=O) groups excluding carboxylic acids is 1. The molecule has 1 rings (SSSR count). The molecule has 3 heteroatoms. The van der Waals surface area contributed by atoms with Crippen molar-refractivity contribution >= 4 is 17.5 Å². The third-order valence-corrected chi connectivity index (χ3v) is 3.07. The number of hydrogen-bond acceptors (Lipinski definition) is 1. The Hall–Kier alpha value is -1.02. The Kier molecular flexibility index (Phi) is 6.06. The SMILES string of the molecule is CCCCCC(C)NC(=O)c1ccccc1Cl. The Balaban J connectivity index is 2.46. The van der Waals surface area contributed by atoms with E-state index in [0.717, 1.165) is 12.8 Å². The van der Waals surface area contributed by atoms with E-state index in [2.05, 4.69) is 12.2 Å². The molecule has 0 aliphatic heterocycles. The summed E-state index contributed by atoms with van der Waals surface area (Å²) in [5, 5.41) is 3.48. The monoisotopic (exact) mass is 253 g/mol. The summed E-state index contributed by atoms with van der Waals surface area (Å²) >= 11 is 5.97. The number of nitrogens with one attached hydrogen (secondary N) is 1. The first kappa shape index (κ1) is 14.0. The van der Waals surface area contributed by atoms with E-state index in [1.165, 1.54) is 12.8 Å². The van der Waals surface area contributed by atoms with E-state index < -0.39 is 0 Å². The van der Waals surface area contributed by atoms with Crippen LogP contribution in [0.1, 0.15) is 49.9 Å². The largest absolute Gasteiger partial charge is 0.350 e. The fourth-order valence-electron chi connectivity index (χ4n) is 1.72. The molecule has 0 fully saturated rings. The molecule has 0 spiro atoms. The van der Waals surface area contributed by atoms with Crippen molar-refractivity contribution in [1.82, 2.24) is 5.32 Å². The molecule has 0 aliphatic carbocycles. The van der Waals surface area contributed by atoms with E-state index in [0.29, 0.717) is 10.6 Å². The van der Waals surface area contributed by atoms with Gasteiger partial charge in [0.2, 0.25) is 0 Å². The molecule has 94 valence electrons. The predicted molar refractivity (Wildman–Crippen MR) is 72.5 cm³/mol. The third-order valence-electron chi connectivity index (χ3n) is 2.74. The zero-order valence-electron chi connectivity index (χ0n) is 10.5. The van der Waals surface area contributed by atoms with Crippen LogP contribution in [0, 0.1) is 0 Å². The highest BCUT2D eigenvalue weighted by atomic mass is 35.5. The first-order valence-corrected chi connectivity index (χ1v) is 6.58. The zero-order valence-corrected chi connectivity index (χ0v) is 11.3. The summed E-state index contributed by atoms with van der Waals surface area (Å²) in [5.41, 5.74) is 0.552. The van der Waals surface area contributed by atoms with E-state index in [1.54, 1.807) is 12.1 Å². The Labute approximate surface area is 108 Å². The third kappa shape index (κ3) is 4.78. The van der Waals surface area contributed by atoms with Gasteiger partial charge in [0, 0.05) is 6.04 Å². The molecule has 1 atom stereocenters. The first-order valence-electron chi connectivity index (χ1n) is 6.20. The van der Waals surface area contributed by atoms with E-state index in [4.69, 9.17) is 11.6 Å². The van der Waals surface area contributed by atoms with Gasteiger partial charge in [0.15, 0.2) is 0 Å². The van der Waals surface area contributed by atoms with Gasteiger partial charge >= 0.3 is 0 Å². The molecule has 1 aromatic carbocycles. The van der Waals surface area contributed by atoms with Crippen LogP contribution in [0.3, 0.4) is 0 Å². The normalized spacial score (nSPS) is 12.2. The predicted octanol–water partition coefficient (Wildman–Crippen LogP) is 4.04. The molecule has 0 saturated carbocycles. The Morgan fingerprint density at radius 1 is 1.35 bits per heavy atom. The van der Waals surface area contributed by atoms with Crippen LogP contribution >= 0.6 is 11.6 Å². The Morgan fingerprint density at radius 2 is 2.06 bits per heavy atom. The van der Waals surface area contributed by atoms with E-state index in [9.17, 15) is 4.79 Å². The summed E-state index contributed by atoms with van der Waals surface area (Å²) in [7, 11) is 0. The highest BCUT2D eigenvalue weighted by molar-refractivity contribution is 6.33. The number of rotatable bonds is 6. The van der Waals surface area contributed by atoms with E-state index in [1.807, 2.05) is 19.1 Å². The summed E-state index contributed by atoms with van der Waals surface area (Å²) in [4.78, 5) is 11.9. The molecule has 0 aliphatic rings. The van der Waals surface area contributed by atoms with Crippen molar-refractivity contribution in [2.45, 2.75) is 45.6 Å². The number of hydrogen-bond donors (Lipinski definition) is 1. The maximum atomic E-state index is 11.9. The van der Waals surface area contributed by atoms with Crippen LogP contribution in [0.4, 0.5) is 0 Å². The lowest BCUT2D eigenvalue weighted by molar-refractivity contribution is 0.0938. The van der Waals surface area contributed by atoms with Crippen molar-refractivity contribution in [3.05, 3.63) is 34.9 Å². The van der Waals surface area contributed by atoms with Gasteiger partial charge in [-0.05, 0) is 25.5 Å². The summed E-state index contributed by atoms with van der Waals surface area (Å²) in [6.07, 6.45) is 4.59. The molecule has 0 radical (unpaired) electrons. The van der Waals surface area contributed by atoms with Crippen LogP contribution in [0.5, 0.6) is 0 Å². The van der Waals surface area contributed by atoms with Crippen LogP contribution < -0.4 is 5.32 Å². The average Bonchev–Trinajstić information content (AvgIpc) is 2.29. The molecule has 0 aromatic heterocycles. The van der Waals surface area contributed by atoms with Crippen LogP contribution in [0.25, 0.3) is 0 Å². The molecule has 1 aromatic rings. The van der Waals surface area contributed by atoms with Gasteiger partial charge in [0.05, 0.1) is 10.6 Å². The molecule has 1 N–H and O–H groups in total. The molecule has 1 unspecified atom stereocenters. The highest BCUT2D eigenvalue weighted by Crippen LogP contribution is 2.15. The maximum absolute atomic E-state index is 11.9. The molecule has 2 nitrogen and oxygen atoms in total. The second-order valence-corrected chi connectivity index (χ2v) is 4.76.